The first-order chi connectivity index (χ1) is 22.7. The summed E-state index contributed by atoms with van der Waals surface area (Å²) < 4.78 is 0. The Hall–Kier alpha value is -2.84. The molecule has 0 radical (unpaired) electrons. The Labute approximate surface area is 291 Å². The zero-order valence-corrected chi connectivity index (χ0v) is 29.6. The number of halogens is 2. The smallest absolute Gasteiger partial charge is 0.227 e. The van der Waals surface area contributed by atoms with Crippen molar-refractivity contribution in [1.82, 2.24) is 14.7 Å². The van der Waals surface area contributed by atoms with Gasteiger partial charge in [0.05, 0.1) is 6.42 Å². The van der Waals surface area contributed by atoms with E-state index in [0.29, 0.717) is 35.5 Å². The van der Waals surface area contributed by atoms with E-state index in [2.05, 4.69) is 76.3 Å². The summed E-state index contributed by atoms with van der Waals surface area (Å²) in [7, 11) is 4.29. The molecule has 4 N–H and O–H groups in total. The molecular formula is C38H52Cl2N6O. The van der Waals surface area contributed by atoms with Gasteiger partial charge in [0.1, 0.15) is 0 Å². The van der Waals surface area contributed by atoms with Crippen LogP contribution in [0, 0.1) is 5.92 Å². The van der Waals surface area contributed by atoms with Crippen LogP contribution < -0.4 is 11.5 Å². The number of benzene rings is 3. The minimum Gasteiger partial charge on any atom is -0.370 e. The van der Waals surface area contributed by atoms with Crippen LogP contribution in [-0.4, -0.2) is 85.0 Å². The summed E-state index contributed by atoms with van der Waals surface area (Å²) in [6.45, 7) is 3.05. The molecule has 1 aliphatic heterocycles. The second kappa shape index (κ2) is 17.0. The predicted molar refractivity (Wildman–Crippen MR) is 197 cm³/mol. The standard InChI is InChI=1S/C38H52Cl2N6O/c1-44(2)34(22-31-16-17-32(39)23-36(31)40)24-45-25-35(20-27-9-4-3-5-10-27)46(26-33(45)13-8-18-43-38(41)42)37(47)21-28-14-15-29-11-6-7-12-30(29)19-28/h6-7,11-12,14-17,19,23,27,33-35H,3-5,8-10,13,18,20-22,24-26H2,1-2H3,(H4,41,42,43)/t33-,34-,35+/m0/s1. The number of amides is 1. The Balaban J connectivity index is 1.39. The van der Waals surface area contributed by atoms with Crippen molar-refractivity contribution >= 4 is 45.8 Å². The molecule has 2 aliphatic rings. The van der Waals surface area contributed by atoms with Crippen LogP contribution in [0.3, 0.4) is 0 Å². The van der Waals surface area contributed by atoms with E-state index in [9.17, 15) is 4.79 Å². The molecule has 0 bridgehead atoms. The quantitative estimate of drug-likeness (QED) is 0.118. The fourth-order valence-electron chi connectivity index (χ4n) is 7.60. The zero-order chi connectivity index (χ0) is 33.3. The average Bonchev–Trinajstić information content (AvgIpc) is 3.04. The second-order valence-electron chi connectivity index (χ2n) is 13.9. The number of nitrogens with zero attached hydrogens (tertiary/aromatic N) is 4. The minimum atomic E-state index is 0.123. The van der Waals surface area contributed by atoms with Gasteiger partial charge < -0.3 is 21.3 Å². The normalized spacial score (nSPS) is 20.1. The lowest BCUT2D eigenvalue weighted by molar-refractivity contribution is -0.138. The molecule has 5 rings (SSSR count). The first-order valence-electron chi connectivity index (χ1n) is 17.3. The Morgan fingerprint density at radius 2 is 1.72 bits per heavy atom. The zero-order valence-electron chi connectivity index (χ0n) is 28.1. The summed E-state index contributed by atoms with van der Waals surface area (Å²) >= 11 is 12.9. The number of carbonyl (C=O) groups excluding carboxylic acids is 1. The minimum absolute atomic E-state index is 0.123. The molecule has 1 heterocycles. The van der Waals surface area contributed by atoms with Gasteiger partial charge >= 0.3 is 0 Å². The van der Waals surface area contributed by atoms with Crippen molar-refractivity contribution in [3.8, 4) is 0 Å². The molecule has 1 amide bonds. The molecule has 0 unspecified atom stereocenters. The number of hydrogen-bond donors (Lipinski definition) is 2. The van der Waals surface area contributed by atoms with E-state index in [1.165, 1.54) is 42.9 Å². The third kappa shape index (κ3) is 10.1. The van der Waals surface area contributed by atoms with Gasteiger partial charge in [0.2, 0.25) is 5.91 Å². The number of nitrogens with two attached hydrogens (primary N) is 2. The Kier molecular flexibility index (Phi) is 12.8. The highest BCUT2D eigenvalue weighted by molar-refractivity contribution is 6.35. The van der Waals surface area contributed by atoms with E-state index in [1.807, 2.05) is 18.2 Å². The number of likely N-dealkylation sites (N-methyl/N-ethyl adjacent to an activating group) is 1. The molecule has 254 valence electrons. The molecule has 3 aromatic carbocycles. The van der Waals surface area contributed by atoms with Crippen molar-refractivity contribution in [2.75, 3.05) is 40.3 Å². The van der Waals surface area contributed by atoms with Crippen molar-refractivity contribution in [2.45, 2.75) is 82.3 Å². The molecule has 3 atom stereocenters. The maximum absolute atomic E-state index is 14.3. The van der Waals surface area contributed by atoms with Crippen molar-refractivity contribution in [3.05, 3.63) is 81.8 Å². The Morgan fingerprint density at radius 1 is 0.957 bits per heavy atom. The number of carbonyl (C=O) groups is 1. The van der Waals surface area contributed by atoms with E-state index in [4.69, 9.17) is 34.7 Å². The molecule has 47 heavy (non-hydrogen) atoms. The summed E-state index contributed by atoms with van der Waals surface area (Å²) in [5, 5.41) is 3.73. The number of aliphatic imine (C=N–C) groups is 1. The van der Waals surface area contributed by atoms with Gasteiger partial charge in [-0.1, -0.05) is 104 Å². The fourth-order valence-corrected chi connectivity index (χ4v) is 8.09. The molecule has 9 heteroatoms. The predicted octanol–water partition coefficient (Wildman–Crippen LogP) is 6.77. The van der Waals surface area contributed by atoms with Gasteiger partial charge in [-0.15, -0.1) is 0 Å². The first-order valence-corrected chi connectivity index (χ1v) is 18.1. The number of fused-ring (bicyclic) bond motifs is 1. The van der Waals surface area contributed by atoms with Crippen LogP contribution in [0.2, 0.25) is 10.0 Å². The molecule has 0 spiro atoms. The number of piperazine rings is 1. The third-order valence-electron chi connectivity index (χ3n) is 10.3. The molecule has 1 aliphatic carbocycles. The highest BCUT2D eigenvalue weighted by atomic mass is 35.5. The monoisotopic (exact) mass is 678 g/mol. The van der Waals surface area contributed by atoms with E-state index in [-0.39, 0.29) is 30.0 Å². The van der Waals surface area contributed by atoms with Crippen LogP contribution in [-0.2, 0) is 17.6 Å². The Bertz CT molecular complexity index is 1500. The molecule has 3 aromatic rings. The molecule has 1 saturated carbocycles. The topological polar surface area (TPSA) is 91.2 Å². The fraction of sp³-hybridized carbons (Fsp3) is 0.526. The molecule has 2 fully saturated rings. The number of hydrogen-bond acceptors (Lipinski definition) is 4. The SMILES string of the molecule is CN(C)[C@@H](Cc1ccc(Cl)cc1Cl)CN1C[C@@H](CC2CCCCC2)N(C(=O)Cc2ccc3ccccc3c2)C[C@@H]1CCCN=C(N)N. The molecular weight excluding hydrogens is 627 g/mol. The van der Waals surface area contributed by atoms with Crippen LogP contribution in [0.15, 0.2) is 65.7 Å². The molecule has 1 saturated heterocycles. The van der Waals surface area contributed by atoms with Gasteiger partial charge in [0.25, 0.3) is 0 Å². The van der Waals surface area contributed by atoms with E-state index >= 15 is 0 Å². The largest absolute Gasteiger partial charge is 0.370 e. The maximum atomic E-state index is 14.3. The first kappa shape index (κ1) is 35.5. The maximum Gasteiger partial charge on any atom is 0.227 e. The highest BCUT2D eigenvalue weighted by Crippen LogP contribution is 2.32. The van der Waals surface area contributed by atoms with Crippen LogP contribution in [0.5, 0.6) is 0 Å². The third-order valence-corrected chi connectivity index (χ3v) is 10.9. The van der Waals surface area contributed by atoms with Crippen LogP contribution in [0.4, 0.5) is 0 Å². The Morgan fingerprint density at radius 3 is 2.45 bits per heavy atom. The summed E-state index contributed by atoms with van der Waals surface area (Å²) in [6.07, 6.45) is 10.5. The van der Waals surface area contributed by atoms with Crippen LogP contribution >= 0.6 is 23.2 Å². The number of rotatable bonds is 13. The lowest BCUT2D eigenvalue weighted by Gasteiger charge is -2.49. The van der Waals surface area contributed by atoms with Gasteiger partial charge in [0, 0.05) is 54.3 Å². The highest BCUT2D eigenvalue weighted by Gasteiger charge is 2.38. The summed E-state index contributed by atoms with van der Waals surface area (Å²) in [5.74, 6) is 1.02. The summed E-state index contributed by atoms with van der Waals surface area (Å²) in [5.41, 5.74) is 13.5. The van der Waals surface area contributed by atoms with Gasteiger partial charge in [0.15, 0.2) is 5.96 Å². The summed E-state index contributed by atoms with van der Waals surface area (Å²) in [4.78, 5) is 25.7. The lowest BCUT2D eigenvalue weighted by atomic mass is 9.83. The molecule has 7 nitrogen and oxygen atoms in total. The van der Waals surface area contributed by atoms with Crippen molar-refractivity contribution in [2.24, 2.45) is 22.4 Å². The number of guanidine groups is 1. The van der Waals surface area contributed by atoms with Gasteiger partial charge in [-0.05, 0) is 79.7 Å². The van der Waals surface area contributed by atoms with Crippen LogP contribution in [0.1, 0.15) is 62.5 Å². The second-order valence-corrected chi connectivity index (χ2v) is 14.8. The van der Waals surface area contributed by atoms with E-state index in [1.54, 1.807) is 0 Å². The average molecular weight is 680 g/mol. The molecule has 0 aromatic heterocycles. The van der Waals surface area contributed by atoms with Crippen molar-refractivity contribution < 1.29 is 4.79 Å². The van der Waals surface area contributed by atoms with Gasteiger partial charge in [-0.2, -0.15) is 0 Å². The van der Waals surface area contributed by atoms with Crippen molar-refractivity contribution in [3.63, 3.8) is 0 Å². The van der Waals surface area contributed by atoms with Crippen LogP contribution in [0.25, 0.3) is 10.8 Å². The van der Waals surface area contributed by atoms with Gasteiger partial charge in [-0.25, -0.2) is 0 Å². The summed E-state index contributed by atoms with van der Waals surface area (Å²) in [6, 6.07) is 21.2. The lowest BCUT2D eigenvalue weighted by Crippen LogP contribution is -2.62. The van der Waals surface area contributed by atoms with Gasteiger partial charge in [-0.3, -0.25) is 14.7 Å². The van der Waals surface area contributed by atoms with E-state index in [0.717, 1.165) is 49.9 Å². The van der Waals surface area contributed by atoms with E-state index < -0.39 is 0 Å². The van der Waals surface area contributed by atoms with Crippen molar-refractivity contribution in [1.29, 1.82) is 0 Å².